The molecule has 1 heterocycles. The van der Waals surface area contributed by atoms with Crippen LogP contribution in [-0.2, 0) is 15.0 Å². The molecule has 14 heavy (non-hydrogen) atoms. The lowest BCUT2D eigenvalue weighted by Gasteiger charge is -2.22. The van der Waals surface area contributed by atoms with Gasteiger partial charge in [0.25, 0.3) is 10.2 Å². The lowest BCUT2D eigenvalue weighted by Crippen LogP contribution is -2.43. The summed E-state index contributed by atoms with van der Waals surface area (Å²) in [6.45, 7) is 2.68. The van der Waals surface area contributed by atoms with Gasteiger partial charge in [0.05, 0.1) is 0 Å². The molecule has 1 rings (SSSR count). The van der Waals surface area contributed by atoms with Crippen LogP contribution in [0, 0.1) is 0 Å². The monoisotopic (exact) mass is 221 g/mol. The molecule has 0 aromatic carbocycles. The van der Waals surface area contributed by atoms with Gasteiger partial charge in [0.2, 0.25) is 5.91 Å². The molecule has 3 N–H and O–H groups in total. The fourth-order valence-corrected chi connectivity index (χ4v) is 2.08. The lowest BCUT2D eigenvalue weighted by atomic mass is 10.2. The first-order chi connectivity index (χ1) is 6.44. The third kappa shape index (κ3) is 2.93. The van der Waals surface area contributed by atoms with Crippen LogP contribution in [0.5, 0.6) is 0 Å². The van der Waals surface area contributed by atoms with Gasteiger partial charge in [-0.25, -0.2) is 9.86 Å². The van der Waals surface area contributed by atoms with Crippen LogP contribution < -0.4 is 9.86 Å². The topological polar surface area (TPSA) is 92.5 Å². The Bertz CT molecular complexity index is 314. The van der Waals surface area contributed by atoms with Crippen molar-refractivity contribution in [3.05, 3.63) is 0 Å². The average Bonchev–Trinajstić information content (AvgIpc) is 2.41. The number of hydrogen-bond donors (Lipinski definition) is 2. The molecule has 0 spiro atoms. The van der Waals surface area contributed by atoms with Gasteiger partial charge in [-0.3, -0.25) is 4.79 Å². The Morgan fingerprint density at radius 1 is 1.64 bits per heavy atom. The Morgan fingerprint density at radius 2 is 2.29 bits per heavy atom. The molecule has 7 heteroatoms. The summed E-state index contributed by atoms with van der Waals surface area (Å²) >= 11 is 0. The van der Waals surface area contributed by atoms with Gasteiger partial charge in [-0.15, -0.1) is 0 Å². The van der Waals surface area contributed by atoms with Crippen molar-refractivity contribution in [2.24, 2.45) is 5.14 Å². The molecule has 0 saturated carbocycles. The summed E-state index contributed by atoms with van der Waals surface area (Å²) in [5.74, 6) is 0.0775. The van der Waals surface area contributed by atoms with E-state index in [0.717, 1.165) is 0 Å². The summed E-state index contributed by atoms with van der Waals surface area (Å²) in [6.07, 6.45) is 1.18. The molecule has 0 aliphatic carbocycles. The van der Waals surface area contributed by atoms with Crippen LogP contribution in [-0.4, -0.2) is 38.4 Å². The van der Waals surface area contributed by atoms with E-state index in [1.54, 1.807) is 4.90 Å². The Morgan fingerprint density at radius 3 is 2.79 bits per heavy atom. The molecular weight excluding hydrogens is 206 g/mol. The molecule has 82 valence electrons. The zero-order valence-corrected chi connectivity index (χ0v) is 8.88. The summed E-state index contributed by atoms with van der Waals surface area (Å²) in [5.41, 5.74) is 0. The molecule has 0 bridgehead atoms. The van der Waals surface area contributed by atoms with E-state index in [0.29, 0.717) is 19.4 Å². The second kappa shape index (κ2) is 4.24. The highest BCUT2D eigenvalue weighted by Crippen LogP contribution is 2.17. The van der Waals surface area contributed by atoms with E-state index in [1.807, 2.05) is 6.92 Å². The minimum Gasteiger partial charge on any atom is -0.339 e. The molecule has 1 saturated heterocycles. The zero-order chi connectivity index (χ0) is 10.8. The van der Waals surface area contributed by atoms with Gasteiger partial charge in [-0.2, -0.15) is 8.42 Å². The highest BCUT2D eigenvalue weighted by atomic mass is 32.2. The fourth-order valence-electron chi connectivity index (χ4n) is 1.65. The van der Waals surface area contributed by atoms with Crippen molar-refractivity contribution < 1.29 is 13.2 Å². The molecule has 6 nitrogen and oxygen atoms in total. The van der Waals surface area contributed by atoms with Gasteiger partial charge < -0.3 is 4.90 Å². The molecule has 1 unspecified atom stereocenters. The minimum atomic E-state index is -3.65. The van der Waals surface area contributed by atoms with Crippen molar-refractivity contribution in [2.45, 2.75) is 25.8 Å². The molecule has 1 aliphatic rings. The lowest BCUT2D eigenvalue weighted by molar-refractivity contribution is -0.128. The first-order valence-electron chi connectivity index (χ1n) is 4.51. The van der Waals surface area contributed by atoms with E-state index in [-0.39, 0.29) is 18.5 Å². The summed E-state index contributed by atoms with van der Waals surface area (Å²) in [7, 11) is -3.65. The van der Waals surface area contributed by atoms with Crippen molar-refractivity contribution in [3.8, 4) is 0 Å². The summed E-state index contributed by atoms with van der Waals surface area (Å²) in [6, 6.07) is -0.0502. The molecular formula is C7H15N3O3S. The van der Waals surface area contributed by atoms with Crippen molar-refractivity contribution >= 4 is 16.1 Å². The normalized spacial score (nSPS) is 23.1. The van der Waals surface area contributed by atoms with Crippen LogP contribution >= 0.6 is 0 Å². The van der Waals surface area contributed by atoms with E-state index in [9.17, 15) is 13.2 Å². The van der Waals surface area contributed by atoms with E-state index in [2.05, 4.69) is 4.72 Å². The number of carbonyl (C=O) groups excluding carboxylic acids is 1. The maximum atomic E-state index is 11.3. The average molecular weight is 221 g/mol. The van der Waals surface area contributed by atoms with E-state index < -0.39 is 10.2 Å². The van der Waals surface area contributed by atoms with Crippen LogP contribution in [0.1, 0.15) is 19.8 Å². The second-order valence-corrected chi connectivity index (χ2v) is 4.64. The van der Waals surface area contributed by atoms with E-state index >= 15 is 0 Å². The third-order valence-corrected chi connectivity index (χ3v) is 2.88. The van der Waals surface area contributed by atoms with Gasteiger partial charge in [0.15, 0.2) is 0 Å². The van der Waals surface area contributed by atoms with Crippen LogP contribution in [0.15, 0.2) is 0 Å². The Hall–Kier alpha value is -0.660. The SMILES string of the molecule is CCN1C(=O)CCC1CNS(N)(=O)=O. The maximum absolute atomic E-state index is 11.3. The number of rotatable bonds is 4. The summed E-state index contributed by atoms with van der Waals surface area (Å²) in [4.78, 5) is 12.9. The second-order valence-electron chi connectivity index (χ2n) is 3.27. The number of carbonyl (C=O) groups is 1. The summed E-state index contributed by atoms with van der Waals surface area (Å²) < 4.78 is 23.5. The Labute approximate surface area is 83.6 Å². The zero-order valence-electron chi connectivity index (χ0n) is 8.06. The first kappa shape index (κ1) is 11.4. The number of nitrogens with zero attached hydrogens (tertiary/aromatic N) is 1. The number of nitrogens with one attached hydrogen (secondary N) is 1. The van der Waals surface area contributed by atoms with Crippen molar-refractivity contribution in [1.29, 1.82) is 0 Å². The van der Waals surface area contributed by atoms with Crippen LogP contribution in [0.4, 0.5) is 0 Å². The number of nitrogens with two attached hydrogens (primary N) is 1. The standard InChI is InChI=1S/C7H15N3O3S/c1-2-10-6(3-4-7(10)11)5-9-14(8,12)13/h6,9H,2-5H2,1H3,(H2,8,12,13). The maximum Gasteiger partial charge on any atom is 0.274 e. The summed E-state index contributed by atoms with van der Waals surface area (Å²) in [5, 5.41) is 4.79. The number of hydrogen-bond acceptors (Lipinski definition) is 3. The highest BCUT2D eigenvalue weighted by Gasteiger charge is 2.29. The van der Waals surface area contributed by atoms with E-state index in [4.69, 9.17) is 5.14 Å². The molecule has 0 aromatic rings. The van der Waals surface area contributed by atoms with Gasteiger partial charge >= 0.3 is 0 Å². The van der Waals surface area contributed by atoms with Gasteiger partial charge in [0, 0.05) is 25.6 Å². The predicted octanol–water partition coefficient (Wildman–Crippen LogP) is -1.21. The Kier molecular flexibility index (Phi) is 3.46. The van der Waals surface area contributed by atoms with Crippen LogP contribution in [0.25, 0.3) is 0 Å². The molecule has 1 atom stereocenters. The number of likely N-dealkylation sites (tertiary alicyclic amines) is 1. The smallest absolute Gasteiger partial charge is 0.274 e. The molecule has 1 aliphatic heterocycles. The number of amides is 1. The van der Waals surface area contributed by atoms with Crippen molar-refractivity contribution in [3.63, 3.8) is 0 Å². The first-order valence-corrected chi connectivity index (χ1v) is 6.05. The predicted molar refractivity (Wildman–Crippen MR) is 51.5 cm³/mol. The number of likely N-dealkylation sites (N-methyl/N-ethyl adjacent to an activating group) is 1. The van der Waals surface area contributed by atoms with Crippen molar-refractivity contribution in [2.75, 3.05) is 13.1 Å². The van der Waals surface area contributed by atoms with Gasteiger partial charge in [-0.05, 0) is 13.3 Å². The third-order valence-electron chi connectivity index (χ3n) is 2.31. The van der Waals surface area contributed by atoms with Gasteiger partial charge in [0.1, 0.15) is 0 Å². The Balaban J connectivity index is 2.50. The quantitative estimate of drug-likeness (QED) is 0.624. The van der Waals surface area contributed by atoms with Crippen molar-refractivity contribution in [1.82, 2.24) is 9.62 Å². The molecule has 0 aromatic heterocycles. The molecule has 1 amide bonds. The van der Waals surface area contributed by atoms with Gasteiger partial charge in [-0.1, -0.05) is 0 Å². The van der Waals surface area contributed by atoms with Crippen LogP contribution in [0.2, 0.25) is 0 Å². The molecule has 0 radical (unpaired) electrons. The minimum absolute atomic E-state index is 0.0502. The largest absolute Gasteiger partial charge is 0.339 e. The fraction of sp³-hybridized carbons (Fsp3) is 0.857. The van der Waals surface area contributed by atoms with E-state index in [1.165, 1.54) is 0 Å². The highest BCUT2D eigenvalue weighted by molar-refractivity contribution is 7.87. The molecule has 1 fully saturated rings. The van der Waals surface area contributed by atoms with Crippen LogP contribution in [0.3, 0.4) is 0 Å².